The normalized spacial score (nSPS) is 22.5. The van der Waals surface area contributed by atoms with Gasteiger partial charge in [-0.15, -0.1) is 0 Å². The van der Waals surface area contributed by atoms with Crippen molar-refractivity contribution in [3.63, 3.8) is 0 Å². The molecule has 0 spiro atoms. The number of rotatable bonds is 2. The van der Waals surface area contributed by atoms with Crippen LogP contribution in [0.15, 0.2) is 12.4 Å². The number of aromatic nitrogens is 2. The predicted molar refractivity (Wildman–Crippen MR) is 75.2 cm³/mol. The van der Waals surface area contributed by atoms with E-state index in [9.17, 15) is 18.0 Å². The second-order valence-corrected chi connectivity index (χ2v) is 5.61. The number of alkyl halides is 3. The molecule has 0 N–H and O–H groups in total. The summed E-state index contributed by atoms with van der Waals surface area (Å²) in [4.78, 5) is 23.6. The fourth-order valence-electron chi connectivity index (χ4n) is 2.75. The summed E-state index contributed by atoms with van der Waals surface area (Å²) < 4.78 is 43.1. The minimum Gasteiger partial charge on any atom is -0.365 e. The summed E-state index contributed by atoms with van der Waals surface area (Å²) in [6.45, 7) is 1.25. The minimum absolute atomic E-state index is 0.0455. The molecule has 0 bridgehead atoms. The minimum atomic E-state index is -4.42. The van der Waals surface area contributed by atoms with Crippen molar-refractivity contribution < 1.29 is 22.7 Å². The zero-order valence-electron chi connectivity index (χ0n) is 12.4. The molecule has 2 saturated heterocycles. The Morgan fingerprint density at radius 2 is 1.96 bits per heavy atom. The maximum atomic E-state index is 12.8. The molecular formula is C14H17F3N4O2. The maximum Gasteiger partial charge on any atom is 0.416 e. The Bertz CT molecular complexity index is 575. The van der Waals surface area contributed by atoms with Crippen molar-refractivity contribution in [2.45, 2.75) is 25.1 Å². The molecule has 23 heavy (non-hydrogen) atoms. The number of likely N-dealkylation sites (tertiary alicyclic amines) is 1. The highest BCUT2D eigenvalue weighted by atomic mass is 19.4. The first kappa shape index (κ1) is 16.0. The number of hydrogen-bond donors (Lipinski definition) is 0. The second-order valence-electron chi connectivity index (χ2n) is 5.61. The smallest absolute Gasteiger partial charge is 0.365 e. The largest absolute Gasteiger partial charge is 0.416 e. The maximum absolute atomic E-state index is 12.8. The van der Waals surface area contributed by atoms with E-state index in [2.05, 4.69) is 9.97 Å². The van der Waals surface area contributed by atoms with Crippen molar-refractivity contribution >= 4 is 11.7 Å². The molecule has 3 heterocycles. The number of carbonyl (C=O) groups is 1. The van der Waals surface area contributed by atoms with Gasteiger partial charge in [-0.2, -0.15) is 13.2 Å². The molecule has 9 heteroatoms. The Labute approximate surface area is 131 Å². The number of halogens is 3. The molecule has 0 radical (unpaired) electrons. The van der Waals surface area contributed by atoms with E-state index in [4.69, 9.17) is 4.74 Å². The molecule has 1 aromatic heterocycles. The van der Waals surface area contributed by atoms with Gasteiger partial charge in [0, 0.05) is 19.6 Å². The summed E-state index contributed by atoms with van der Waals surface area (Å²) in [5, 5.41) is 0. The molecule has 2 fully saturated rings. The van der Waals surface area contributed by atoms with Crippen molar-refractivity contribution in [2.75, 3.05) is 37.7 Å². The van der Waals surface area contributed by atoms with Gasteiger partial charge in [0.2, 0.25) is 0 Å². The van der Waals surface area contributed by atoms with Gasteiger partial charge in [-0.05, 0) is 12.8 Å². The van der Waals surface area contributed by atoms with Crippen molar-refractivity contribution in [1.29, 1.82) is 0 Å². The number of morpholine rings is 1. The van der Waals surface area contributed by atoms with E-state index in [-0.39, 0.29) is 37.1 Å². The molecule has 1 amide bonds. The van der Waals surface area contributed by atoms with E-state index in [0.29, 0.717) is 13.1 Å². The Balaban J connectivity index is 1.75. The molecule has 126 valence electrons. The molecule has 2 aliphatic heterocycles. The zero-order chi connectivity index (χ0) is 16.4. The van der Waals surface area contributed by atoms with Gasteiger partial charge in [0.15, 0.2) is 6.10 Å². The summed E-state index contributed by atoms with van der Waals surface area (Å²) in [6.07, 6.45) is -1.64. The van der Waals surface area contributed by atoms with E-state index in [1.54, 1.807) is 4.90 Å². The van der Waals surface area contributed by atoms with Gasteiger partial charge >= 0.3 is 6.18 Å². The predicted octanol–water partition coefficient (Wildman–Crippen LogP) is 1.48. The molecule has 1 atom stereocenters. The summed E-state index contributed by atoms with van der Waals surface area (Å²) in [6, 6.07) is 0. The third kappa shape index (κ3) is 3.54. The molecular weight excluding hydrogens is 313 g/mol. The highest BCUT2D eigenvalue weighted by molar-refractivity contribution is 5.92. The van der Waals surface area contributed by atoms with Crippen LogP contribution in [0.4, 0.5) is 19.0 Å². The van der Waals surface area contributed by atoms with E-state index in [0.717, 1.165) is 12.8 Å². The Morgan fingerprint density at radius 1 is 1.22 bits per heavy atom. The lowest BCUT2D eigenvalue weighted by molar-refractivity contribution is -0.221. The SMILES string of the molecule is O=C(c1cncc(N2CCO[C@@H](C(F)(F)F)C2)n1)N1CCCC1. The van der Waals surface area contributed by atoms with E-state index in [1.165, 1.54) is 17.3 Å². The molecule has 3 rings (SSSR count). The van der Waals surface area contributed by atoms with Crippen LogP contribution in [0.25, 0.3) is 0 Å². The van der Waals surface area contributed by atoms with Crippen molar-refractivity contribution in [2.24, 2.45) is 0 Å². The van der Waals surface area contributed by atoms with Gasteiger partial charge in [-0.3, -0.25) is 9.78 Å². The molecule has 6 nitrogen and oxygen atoms in total. The number of nitrogens with zero attached hydrogens (tertiary/aromatic N) is 4. The average molecular weight is 330 g/mol. The van der Waals surface area contributed by atoms with Gasteiger partial charge < -0.3 is 14.5 Å². The lowest BCUT2D eigenvalue weighted by Crippen LogP contribution is -2.49. The quantitative estimate of drug-likeness (QED) is 0.822. The average Bonchev–Trinajstić information content (AvgIpc) is 3.08. The lowest BCUT2D eigenvalue weighted by atomic mass is 10.2. The summed E-state index contributed by atoms with van der Waals surface area (Å²) in [5.74, 6) is 0.0464. The number of carbonyl (C=O) groups excluding carboxylic acids is 1. The van der Waals surface area contributed by atoms with Crippen LogP contribution in [0.2, 0.25) is 0 Å². The first-order valence-corrected chi connectivity index (χ1v) is 7.50. The van der Waals surface area contributed by atoms with Crippen LogP contribution < -0.4 is 4.90 Å². The Morgan fingerprint density at radius 3 is 2.65 bits per heavy atom. The van der Waals surface area contributed by atoms with Gasteiger partial charge in [0.25, 0.3) is 5.91 Å². The fraction of sp³-hybridized carbons (Fsp3) is 0.643. The summed E-state index contributed by atoms with van der Waals surface area (Å²) in [7, 11) is 0. The van der Waals surface area contributed by atoms with E-state index < -0.39 is 12.3 Å². The van der Waals surface area contributed by atoms with Crippen LogP contribution in [-0.4, -0.2) is 65.8 Å². The van der Waals surface area contributed by atoms with Crippen molar-refractivity contribution in [3.05, 3.63) is 18.1 Å². The molecule has 0 aliphatic carbocycles. The number of anilines is 1. The van der Waals surface area contributed by atoms with Crippen LogP contribution in [0.1, 0.15) is 23.3 Å². The van der Waals surface area contributed by atoms with Crippen LogP contribution in [-0.2, 0) is 4.74 Å². The monoisotopic (exact) mass is 330 g/mol. The van der Waals surface area contributed by atoms with Gasteiger partial charge in [0.1, 0.15) is 11.5 Å². The molecule has 0 saturated carbocycles. The molecule has 1 aromatic rings. The Kier molecular flexibility index (Phi) is 4.38. The van der Waals surface area contributed by atoms with Crippen LogP contribution in [0.3, 0.4) is 0 Å². The summed E-state index contributed by atoms with van der Waals surface area (Å²) in [5.41, 5.74) is 0.166. The molecule has 2 aliphatic rings. The van der Waals surface area contributed by atoms with Gasteiger partial charge in [-0.25, -0.2) is 4.98 Å². The van der Waals surface area contributed by atoms with Crippen LogP contribution >= 0.6 is 0 Å². The lowest BCUT2D eigenvalue weighted by Gasteiger charge is -2.34. The Hall–Kier alpha value is -1.90. The highest BCUT2D eigenvalue weighted by Gasteiger charge is 2.43. The number of hydrogen-bond acceptors (Lipinski definition) is 5. The first-order chi connectivity index (χ1) is 10.9. The summed E-state index contributed by atoms with van der Waals surface area (Å²) >= 11 is 0. The van der Waals surface area contributed by atoms with Gasteiger partial charge in [0.05, 0.1) is 25.5 Å². The zero-order valence-corrected chi connectivity index (χ0v) is 12.4. The third-order valence-corrected chi connectivity index (χ3v) is 3.99. The van der Waals surface area contributed by atoms with Gasteiger partial charge in [-0.1, -0.05) is 0 Å². The standard InChI is InChI=1S/C14H17F3N4O2/c15-14(16,17)11-9-21(5-6-23-11)12-8-18-7-10(19-12)13(22)20-3-1-2-4-20/h7-8,11H,1-6,9H2/t11-/m1/s1. The van der Waals surface area contributed by atoms with Crippen LogP contribution in [0.5, 0.6) is 0 Å². The highest BCUT2D eigenvalue weighted by Crippen LogP contribution is 2.27. The third-order valence-electron chi connectivity index (χ3n) is 3.99. The van der Waals surface area contributed by atoms with E-state index >= 15 is 0 Å². The van der Waals surface area contributed by atoms with E-state index in [1.807, 2.05) is 0 Å². The fourth-order valence-corrected chi connectivity index (χ4v) is 2.75. The van der Waals surface area contributed by atoms with Crippen LogP contribution in [0, 0.1) is 0 Å². The second kappa shape index (κ2) is 6.31. The molecule has 0 aromatic carbocycles. The van der Waals surface area contributed by atoms with Crippen molar-refractivity contribution in [1.82, 2.24) is 14.9 Å². The topological polar surface area (TPSA) is 58.6 Å². The first-order valence-electron chi connectivity index (χ1n) is 7.50. The molecule has 0 unspecified atom stereocenters. The number of ether oxygens (including phenoxy) is 1. The number of amides is 1. The van der Waals surface area contributed by atoms with Crippen molar-refractivity contribution in [3.8, 4) is 0 Å².